The number of ether oxygens (including phenoxy) is 2. The lowest BCUT2D eigenvalue weighted by molar-refractivity contribution is 0.171. The average Bonchev–Trinajstić information content (AvgIpc) is 2.37. The van der Waals surface area contributed by atoms with E-state index in [1.807, 2.05) is 39.0 Å². The Kier molecular flexibility index (Phi) is 4.14. The molecule has 1 aromatic rings. The number of amides is 2. The van der Waals surface area contributed by atoms with Crippen LogP contribution in [0, 0.1) is 0 Å². The van der Waals surface area contributed by atoms with Crippen molar-refractivity contribution in [3.05, 3.63) is 23.8 Å². The van der Waals surface area contributed by atoms with E-state index in [0.717, 1.165) is 17.1 Å². The van der Waals surface area contributed by atoms with Gasteiger partial charge in [0.2, 0.25) is 0 Å². The summed E-state index contributed by atoms with van der Waals surface area (Å²) in [5, 5.41) is 5.69. The topological polar surface area (TPSA) is 59.6 Å². The maximum atomic E-state index is 11.6. The lowest BCUT2D eigenvalue weighted by atomic mass is 10.1. The Morgan fingerprint density at radius 1 is 1.11 bits per heavy atom. The number of carbonyl (C=O) groups excluding carboxylic acids is 1. The fraction of sp³-hybridized carbons (Fsp3) is 0.500. The fourth-order valence-corrected chi connectivity index (χ4v) is 1.91. The van der Waals surface area contributed by atoms with Gasteiger partial charge in [0.25, 0.3) is 0 Å². The van der Waals surface area contributed by atoms with Gasteiger partial charge in [-0.3, -0.25) is 0 Å². The second-order valence-corrected chi connectivity index (χ2v) is 4.90. The highest BCUT2D eigenvalue weighted by Crippen LogP contribution is 2.32. The molecule has 1 atom stereocenters. The number of hydrogen-bond acceptors (Lipinski definition) is 3. The zero-order valence-electron chi connectivity index (χ0n) is 11.5. The molecule has 1 heterocycles. The Balaban J connectivity index is 2.03. The summed E-state index contributed by atoms with van der Waals surface area (Å²) in [7, 11) is 0. The van der Waals surface area contributed by atoms with Crippen LogP contribution < -0.4 is 20.1 Å². The Bertz CT molecular complexity index is 460. The zero-order chi connectivity index (χ0) is 13.8. The zero-order valence-corrected chi connectivity index (χ0v) is 11.5. The molecule has 0 spiro atoms. The molecule has 0 aromatic heterocycles. The van der Waals surface area contributed by atoms with Crippen LogP contribution in [0.4, 0.5) is 4.79 Å². The van der Waals surface area contributed by atoms with Gasteiger partial charge in [-0.1, -0.05) is 6.07 Å². The van der Waals surface area contributed by atoms with Crippen molar-refractivity contribution in [3.63, 3.8) is 0 Å². The number of fused-ring (bicyclic) bond motifs is 1. The van der Waals surface area contributed by atoms with E-state index in [0.29, 0.717) is 13.2 Å². The second-order valence-electron chi connectivity index (χ2n) is 4.90. The van der Waals surface area contributed by atoms with Gasteiger partial charge < -0.3 is 20.1 Å². The van der Waals surface area contributed by atoms with E-state index in [4.69, 9.17) is 9.47 Å². The molecule has 2 N–H and O–H groups in total. The lowest BCUT2D eigenvalue weighted by Gasteiger charge is -2.21. The van der Waals surface area contributed by atoms with Gasteiger partial charge in [-0.25, -0.2) is 4.79 Å². The van der Waals surface area contributed by atoms with Gasteiger partial charge in [-0.05, 0) is 38.5 Å². The first-order valence-corrected chi connectivity index (χ1v) is 6.53. The van der Waals surface area contributed by atoms with Crippen molar-refractivity contribution >= 4 is 6.03 Å². The summed E-state index contributed by atoms with van der Waals surface area (Å²) < 4.78 is 11.0. The molecule has 2 rings (SSSR count). The van der Waals surface area contributed by atoms with E-state index in [-0.39, 0.29) is 18.1 Å². The maximum absolute atomic E-state index is 11.6. The van der Waals surface area contributed by atoms with Crippen LogP contribution in [0.1, 0.15) is 32.4 Å². The average molecular weight is 264 g/mol. The SMILES string of the molecule is CC(C)NC(=O)N[C@@H](C)c1ccc2c(c1)OCCO2. The van der Waals surface area contributed by atoms with E-state index < -0.39 is 0 Å². The molecule has 0 saturated carbocycles. The van der Waals surface area contributed by atoms with Crippen molar-refractivity contribution < 1.29 is 14.3 Å². The van der Waals surface area contributed by atoms with E-state index >= 15 is 0 Å². The molecule has 0 aliphatic carbocycles. The third-order valence-electron chi connectivity index (χ3n) is 2.83. The molecule has 104 valence electrons. The number of hydrogen-bond donors (Lipinski definition) is 2. The van der Waals surface area contributed by atoms with Gasteiger partial charge in [0.1, 0.15) is 13.2 Å². The van der Waals surface area contributed by atoms with E-state index in [1.165, 1.54) is 0 Å². The van der Waals surface area contributed by atoms with Gasteiger partial charge in [-0.15, -0.1) is 0 Å². The smallest absolute Gasteiger partial charge is 0.315 e. The highest BCUT2D eigenvalue weighted by molar-refractivity contribution is 5.74. The number of carbonyl (C=O) groups is 1. The number of nitrogens with one attached hydrogen (secondary N) is 2. The maximum Gasteiger partial charge on any atom is 0.315 e. The van der Waals surface area contributed by atoms with Crippen LogP contribution in [-0.4, -0.2) is 25.3 Å². The summed E-state index contributed by atoms with van der Waals surface area (Å²) in [5.74, 6) is 1.50. The predicted molar refractivity (Wildman–Crippen MR) is 72.7 cm³/mol. The molecule has 0 radical (unpaired) electrons. The minimum Gasteiger partial charge on any atom is -0.486 e. The third kappa shape index (κ3) is 3.53. The Morgan fingerprint density at radius 3 is 2.47 bits per heavy atom. The van der Waals surface area contributed by atoms with Gasteiger partial charge in [0.15, 0.2) is 11.5 Å². The molecule has 0 unspecified atom stereocenters. The molecule has 1 aliphatic rings. The van der Waals surface area contributed by atoms with Gasteiger partial charge in [0, 0.05) is 6.04 Å². The summed E-state index contributed by atoms with van der Waals surface area (Å²) in [5.41, 5.74) is 0.989. The van der Waals surface area contributed by atoms with Gasteiger partial charge in [0.05, 0.1) is 6.04 Å². The Hall–Kier alpha value is -1.91. The first kappa shape index (κ1) is 13.5. The molecule has 0 saturated heterocycles. The van der Waals surface area contributed by atoms with Crippen molar-refractivity contribution in [2.45, 2.75) is 32.9 Å². The van der Waals surface area contributed by atoms with Crippen LogP contribution in [0.15, 0.2) is 18.2 Å². The molecular formula is C14H20N2O3. The van der Waals surface area contributed by atoms with Crippen molar-refractivity contribution in [2.75, 3.05) is 13.2 Å². The third-order valence-corrected chi connectivity index (χ3v) is 2.83. The van der Waals surface area contributed by atoms with Crippen LogP contribution in [0.3, 0.4) is 0 Å². The van der Waals surface area contributed by atoms with Crippen LogP contribution >= 0.6 is 0 Å². The lowest BCUT2D eigenvalue weighted by Crippen LogP contribution is -2.40. The molecule has 5 heteroatoms. The molecule has 0 fully saturated rings. The van der Waals surface area contributed by atoms with E-state index in [9.17, 15) is 4.79 Å². The summed E-state index contributed by atoms with van der Waals surface area (Å²) in [6.45, 7) is 6.93. The summed E-state index contributed by atoms with van der Waals surface area (Å²) >= 11 is 0. The fourth-order valence-electron chi connectivity index (χ4n) is 1.91. The molecule has 19 heavy (non-hydrogen) atoms. The first-order valence-electron chi connectivity index (χ1n) is 6.53. The molecule has 5 nitrogen and oxygen atoms in total. The van der Waals surface area contributed by atoms with E-state index in [2.05, 4.69) is 10.6 Å². The minimum absolute atomic E-state index is 0.0884. The Labute approximate surface area is 113 Å². The molecular weight excluding hydrogens is 244 g/mol. The minimum atomic E-state index is -0.169. The standard InChI is InChI=1S/C14H20N2O3/c1-9(2)15-14(17)16-10(3)11-4-5-12-13(8-11)19-7-6-18-12/h4-5,8-10H,6-7H2,1-3H3,(H2,15,16,17)/t10-/m0/s1. The van der Waals surface area contributed by atoms with Gasteiger partial charge in [-0.2, -0.15) is 0 Å². The van der Waals surface area contributed by atoms with Crippen LogP contribution in [0.25, 0.3) is 0 Å². The summed E-state index contributed by atoms with van der Waals surface area (Å²) in [6, 6.07) is 5.59. The number of urea groups is 1. The van der Waals surface area contributed by atoms with E-state index in [1.54, 1.807) is 0 Å². The van der Waals surface area contributed by atoms with Crippen molar-refractivity contribution in [1.82, 2.24) is 10.6 Å². The van der Waals surface area contributed by atoms with Gasteiger partial charge >= 0.3 is 6.03 Å². The highest BCUT2D eigenvalue weighted by atomic mass is 16.6. The first-order chi connectivity index (χ1) is 9.06. The van der Waals surface area contributed by atoms with Crippen LogP contribution in [-0.2, 0) is 0 Å². The summed E-state index contributed by atoms with van der Waals surface area (Å²) in [6.07, 6.45) is 0. The van der Waals surface area contributed by atoms with Crippen molar-refractivity contribution in [2.24, 2.45) is 0 Å². The molecule has 2 amide bonds. The van der Waals surface area contributed by atoms with Crippen LogP contribution in [0.5, 0.6) is 11.5 Å². The second kappa shape index (κ2) is 5.82. The monoisotopic (exact) mass is 264 g/mol. The Morgan fingerprint density at radius 2 is 1.79 bits per heavy atom. The molecule has 1 aromatic carbocycles. The number of benzene rings is 1. The highest BCUT2D eigenvalue weighted by Gasteiger charge is 2.15. The summed E-state index contributed by atoms with van der Waals surface area (Å²) in [4.78, 5) is 11.6. The normalized spacial score (nSPS) is 14.9. The predicted octanol–water partition coefficient (Wildman–Crippen LogP) is 2.23. The largest absolute Gasteiger partial charge is 0.486 e. The molecule has 0 bridgehead atoms. The molecule has 1 aliphatic heterocycles. The quantitative estimate of drug-likeness (QED) is 0.880. The van der Waals surface area contributed by atoms with Crippen molar-refractivity contribution in [3.8, 4) is 11.5 Å². The number of rotatable bonds is 3. The van der Waals surface area contributed by atoms with Crippen LogP contribution in [0.2, 0.25) is 0 Å². The van der Waals surface area contributed by atoms with Crippen molar-refractivity contribution in [1.29, 1.82) is 0 Å².